The van der Waals surface area contributed by atoms with Crippen molar-refractivity contribution >= 4 is 34.4 Å². The number of anilines is 2. The van der Waals surface area contributed by atoms with Gasteiger partial charge in [-0.15, -0.1) is 0 Å². The van der Waals surface area contributed by atoms with Crippen LogP contribution in [0.15, 0.2) is 29.5 Å². The number of aryl methyl sites for hydroxylation is 1. The molecule has 2 fully saturated rings. The topological polar surface area (TPSA) is 119 Å². The van der Waals surface area contributed by atoms with Gasteiger partial charge in [-0.05, 0) is 65.9 Å². The zero-order valence-electron chi connectivity index (χ0n) is 24.0. The second-order valence-corrected chi connectivity index (χ2v) is 11.9. The van der Waals surface area contributed by atoms with E-state index in [-0.39, 0.29) is 35.0 Å². The first-order chi connectivity index (χ1) is 19.0. The monoisotopic (exact) mass is 546 g/mol. The number of ketones is 1. The second-order valence-electron chi connectivity index (χ2n) is 11.9. The third-order valence-corrected chi connectivity index (χ3v) is 7.89. The number of amides is 1. The maximum Gasteiger partial charge on any atom is 0.410 e. The van der Waals surface area contributed by atoms with Gasteiger partial charge in [0.15, 0.2) is 5.78 Å². The van der Waals surface area contributed by atoms with E-state index in [1.807, 2.05) is 33.8 Å². The molecule has 5 rings (SSSR count). The Hall–Kier alpha value is -3.82. The molecule has 1 amide bonds. The number of hydrogen-bond acceptors (Lipinski definition) is 8. The SMILES string of the molecule is CC(=O)c1c(C)c2cnc(Nc3cnc(C4CCN(C(=O)OC(C)(C)C)CC4)cn3)cc2n(C2CCCC2)c1=O. The van der Waals surface area contributed by atoms with Crippen LogP contribution in [0.4, 0.5) is 16.4 Å². The lowest BCUT2D eigenvalue weighted by Gasteiger charge is -2.33. The van der Waals surface area contributed by atoms with Crippen LogP contribution < -0.4 is 10.9 Å². The van der Waals surface area contributed by atoms with E-state index in [1.54, 1.807) is 28.1 Å². The van der Waals surface area contributed by atoms with E-state index in [1.165, 1.54) is 6.92 Å². The largest absolute Gasteiger partial charge is 0.444 e. The van der Waals surface area contributed by atoms with Gasteiger partial charge in [-0.1, -0.05) is 12.8 Å². The smallest absolute Gasteiger partial charge is 0.410 e. The number of fused-ring (bicyclic) bond motifs is 1. The lowest BCUT2D eigenvalue weighted by molar-refractivity contribution is 0.0204. The van der Waals surface area contributed by atoms with Gasteiger partial charge in [0.1, 0.15) is 17.2 Å². The number of nitrogens with one attached hydrogen (secondary N) is 1. The van der Waals surface area contributed by atoms with Crippen LogP contribution in [-0.4, -0.2) is 55.0 Å². The highest BCUT2D eigenvalue weighted by Crippen LogP contribution is 2.33. The van der Waals surface area contributed by atoms with Gasteiger partial charge < -0.3 is 19.5 Å². The summed E-state index contributed by atoms with van der Waals surface area (Å²) in [6.45, 7) is 10.1. The van der Waals surface area contributed by atoms with E-state index < -0.39 is 5.60 Å². The molecule has 0 aromatic carbocycles. The summed E-state index contributed by atoms with van der Waals surface area (Å²) in [5, 5.41) is 4.03. The van der Waals surface area contributed by atoms with Crippen LogP contribution in [0.25, 0.3) is 10.9 Å². The Kier molecular flexibility index (Phi) is 7.61. The molecule has 0 spiro atoms. The van der Waals surface area contributed by atoms with Gasteiger partial charge in [-0.2, -0.15) is 0 Å². The first-order valence-electron chi connectivity index (χ1n) is 14.1. The van der Waals surface area contributed by atoms with Crippen molar-refractivity contribution in [2.75, 3.05) is 18.4 Å². The number of pyridine rings is 2. The summed E-state index contributed by atoms with van der Waals surface area (Å²) < 4.78 is 7.30. The van der Waals surface area contributed by atoms with Crippen molar-refractivity contribution in [2.24, 2.45) is 0 Å². The number of hydrogen-bond donors (Lipinski definition) is 1. The summed E-state index contributed by atoms with van der Waals surface area (Å²) in [4.78, 5) is 53.7. The highest BCUT2D eigenvalue weighted by atomic mass is 16.6. The van der Waals surface area contributed by atoms with Crippen LogP contribution in [0.1, 0.15) is 99.8 Å². The average Bonchev–Trinajstić information content (AvgIpc) is 3.42. The van der Waals surface area contributed by atoms with Crippen molar-refractivity contribution in [3.05, 3.63) is 51.8 Å². The van der Waals surface area contributed by atoms with Gasteiger partial charge in [0, 0.05) is 42.7 Å². The summed E-state index contributed by atoms with van der Waals surface area (Å²) in [5.74, 6) is 1.11. The fourth-order valence-electron chi connectivity index (χ4n) is 5.89. The Morgan fingerprint density at radius 2 is 1.65 bits per heavy atom. The Labute approximate surface area is 234 Å². The van der Waals surface area contributed by atoms with Crippen LogP contribution in [0.2, 0.25) is 0 Å². The van der Waals surface area contributed by atoms with Gasteiger partial charge >= 0.3 is 6.09 Å². The molecular formula is C30H38N6O4. The Balaban J connectivity index is 1.33. The number of carbonyl (C=O) groups excluding carboxylic acids is 2. The van der Waals surface area contributed by atoms with E-state index >= 15 is 0 Å². The zero-order valence-corrected chi connectivity index (χ0v) is 24.0. The molecule has 3 aromatic heterocycles. The lowest BCUT2D eigenvalue weighted by atomic mass is 9.94. The molecule has 1 aliphatic carbocycles. The van der Waals surface area contributed by atoms with Crippen molar-refractivity contribution in [3.8, 4) is 0 Å². The Bertz CT molecular complexity index is 1480. The minimum atomic E-state index is -0.507. The zero-order chi connectivity index (χ0) is 28.6. The molecule has 1 saturated carbocycles. The van der Waals surface area contributed by atoms with Crippen molar-refractivity contribution in [1.29, 1.82) is 0 Å². The van der Waals surface area contributed by atoms with Gasteiger partial charge in [-0.3, -0.25) is 14.6 Å². The number of likely N-dealkylation sites (tertiary alicyclic amines) is 1. The predicted molar refractivity (Wildman–Crippen MR) is 153 cm³/mol. The molecule has 10 heteroatoms. The average molecular weight is 547 g/mol. The number of aromatic nitrogens is 4. The van der Waals surface area contributed by atoms with Crippen molar-refractivity contribution < 1.29 is 14.3 Å². The Morgan fingerprint density at radius 1 is 0.975 bits per heavy atom. The van der Waals surface area contributed by atoms with E-state index in [4.69, 9.17) is 4.74 Å². The van der Waals surface area contributed by atoms with Crippen LogP contribution in [0.5, 0.6) is 0 Å². The molecule has 1 aliphatic heterocycles. The molecule has 40 heavy (non-hydrogen) atoms. The van der Waals surface area contributed by atoms with Crippen LogP contribution >= 0.6 is 0 Å². The quantitative estimate of drug-likeness (QED) is 0.407. The van der Waals surface area contributed by atoms with Crippen LogP contribution in [0.3, 0.4) is 0 Å². The van der Waals surface area contributed by atoms with E-state index in [9.17, 15) is 14.4 Å². The first kappa shape index (κ1) is 27.7. The summed E-state index contributed by atoms with van der Waals surface area (Å²) in [7, 11) is 0. The molecule has 1 N–H and O–H groups in total. The Morgan fingerprint density at radius 3 is 2.25 bits per heavy atom. The second kappa shape index (κ2) is 11.0. The van der Waals surface area contributed by atoms with Crippen LogP contribution in [-0.2, 0) is 4.74 Å². The maximum absolute atomic E-state index is 13.5. The predicted octanol–water partition coefficient (Wildman–Crippen LogP) is 5.67. The number of carbonyl (C=O) groups is 2. The van der Waals surface area contributed by atoms with Crippen molar-refractivity contribution in [1.82, 2.24) is 24.4 Å². The van der Waals surface area contributed by atoms with E-state index in [0.717, 1.165) is 55.1 Å². The summed E-state index contributed by atoms with van der Waals surface area (Å²) in [6.07, 6.45) is 10.5. The standard InChI is InChI=1S/C30H38N6O4/c1-18-22-15-32-25(14-24(22)36(21-8-6-7-9-21)28(38)27(18)19(2)37)34-26-17-31-23(16-33-26)20-10-12-35(13-11-20)29(39)40-30(3,4)5/h14-17,20-21H,6-13H2,1-5H3,(H,32,33,34). The molecule has 0 atom stereocenters. The number of ether oxygens (including phenoxy) is 1. The summed E-state index contributed by atoms with van der Waals surface area (Å²) in [6, 6.07) is 1.94. The molecule has 212 valence electrons. The molecule has 1 saturated heterocycles. The van der Waals surface area contributed by atoms with Crippen molar-refractivity contribution in [3.63, 3.8) is 0 Å². The molecule has 0 bridgehead atoms. The van der Waals surface area contributed by atoms with Crippen LogP contribution in [0, 0.1) is 6.92 Å². The summed E-state index contributed by atoms with van der Waals surface area (Å²) >= 11 is 0. The van der Waals surface area contributed by atoms with E-state index in [2.05, 4.69) is 20.3 Å². The van der Waals surface area contributed by atoms with Gasteiger partial charge in [0.2, 0.25) is 0 Å². The number of Topliss-reactive ketones (excluding diaryl/α,β-unsaturated/α-hetero) is 1. The van der Waals surface area contributed by atoms with Gasteiger partial charge in [-0.25, -0.2) is 14.8 Å². The first-order valence-corrected chi connectivity index (χ1v) is 14.1. The third kappa shape index (κ3) is 5.71. The number of nitrogens with zero attached hydrogens (tertiary/aromatic N) is 5. The van der Waals surface area contributed by atoms with Crippen molar-refractivity contribution in [2.45, 2.75) is 90.7 Å². The molecular weight excluding hydrogens is 508 g/mol. The molecule has 10 nitrogen and oxygen atoms in total. The molecule has 0 radical (unpaired) electrons. The highest BCUT2D eigenvalue weighted by molar-refractivity contribution is 6.00. The summed E-state index contributed by atoms with van der Waals surface area (Å²) in [5.41, 5.74) is 1.86. The minimum Gasteiger partial charge on any atom is -0.444 e. The molecule has 3 aromatic rings. The normalized spacial score (nSPS) is 16.9. The highest BCUT2D eigenvalue weighted by Gasteiger charge is 2.28. The fraction of sp³-hybridized carbons (Fsp3) is 0.533. The maximum atomic E-state index is 13.5. The molecule has 2 aliphatic rings. The third-order valence-electron chi connectivity index (χ3n) is 7.89. The fourth-order valence-corrected chi connectivity index (χ4v) is 5.89. The van der Waals surface area contributed by atoms with Gasteiger partial charge in [0.05, 0.1) is 29.2 Å². The number of piperidine rings is 1. The molecule has 0 unspecified atom stereocenters. The lowest BCUT2D eigenvalue weighted by Crippen LogP contribution is -2.41. The van der Waals surface area contributed by atoms with E-state index in [0.29, 0.717) is 30.3 Å². The molecule has 4 heterocycles. The number of rotatable bonds is 5. The minimum absolute atomic E-state index is 0.0739. The van der Waals surface area contributed by atoms with Gasteiger partial charge in [0.25, 0.3) is 5.56 Å².